The van der Waals surface area contributed by atoms with E-state index in [0.29, 0.717) is 11.0 Å². The zero-order valence-electron chi connectivity index (χ0n) is 10.5. The summed E-state index contributed by atoms with van der Waals surface area (Å²) in [6.45, 7) is 2.71. The van der Waals surface area contributed by atoms with Gasteiger partial charge in [0, 0.05) is 17.1 Å². The molecule has 100 valence electrons. The molecule has 0 aliphatic carbocycles. The Morgan fingerprint density at radius 3 is 2.47 bits per heavy atom. The van der Waals surface area contributed by atoms with Crippen LogP contribution in [0, 0.1) is 5.82 Å². The Kier molecular flexibility index (Phi) is 5.13. The van der Waals surface area contributed by atoms with Gasteiger partial charge in [-0.2, -0.15) is 0 Å². The van der Waals surface area contributed by atoms with Gasteiger partial charge in [-0.3, -0.25) is 0 Å². The molecular weight excluding hydrogens is 373 g/mol. The highest BCUT2D eigenvalue weighted by Gasteiger charge is 2.08. The van der Waals surface area contributed by atoms with Crippen molar-refractivity contribution in [2.45, 2.75) is 19.5 Å². The van der Waals surface area contributed by atoms with Crippen molar-refractivity contribution in [1.29, 1.82) is 0 Å². The Bertz CT molecular complexity index is 555. The van der Waals surface area contributed by atoms with E-state index >= 15 is 0 Å². The van der Waals surface area contributed by atoms with Gasteiger partial charge in [-0.25, -0.2) is 4.39 Å². The minimum atomic E-state index is -0.226. The standard InChI is InChI=1S/C15H14Br2FN/c1-10(11-5-7-13(16)8-6-11)19-9-12-3-2-4-14(18)15(12)17/h2-8,10,19H,9H2,1H3. The number of benzene rings is 2. The van der Waals surface area contributed by atoms with Crippen molar-refractivity contribution in [2.24, 2.45) is 0 Å². The Labute approximate surface area is 129 Å². The van der Waals surface area contributed by atoms with Gasteiger partial charge in [0.1, 0.15) is 5.82 Å². The molecule has 0 saturated carbocycles. The molecule has 1 unspecified atom stereocenters. The van der Waals surface area contributed by atoms with Gasteiger partial charge in [0.05, 0.1) is 4.47 Å². The molecule has 1 N–H and O–H groups in total. The van der Waals surface area contributed by atoms with Gasteiger partial charge in [0.2, 0.25) is 0 Å². The maximum absolute atomic E-state index is 13.4. The highest BCUT2D eigenvalue weighted by atomic mass is 79.9. The first kappa shape index (κ1) is 14.7. The topological polar surface area (TPSA) is 12.0 Å². The van der Waals surface area contributed by atoms with E-state index in [2.05, 4.69) is 56.2 Å². The quantitative estimate of drug-likeness (QED) is 0.761. The van der Waals surface area contributed by atoms with E-state index in [-0.39, 0.29) is 11.9 Å². The first-order chi connectivity index (χ1) is 9.08. The van der Waals surface area contributed by atoms with E-state index in [1.807, 2.05) is 18.2 Å². The molecule has 0 amide bonds. The van der Waals surface area contributed by atoms with Crippen LogP contribution in [0.1, 0.15) is 24.1 Å². The van der Waals surface area contributed by atoms with Crippen molar-refractivity contribution in [3.63, 3.8) is 0 Å². The molecule has 0 aliphatic rings. The summed E-state index contributed by atoms with van der Waals surface area (Å²) in [5.41, 5.74) is 2.12. The molecule has 2 aromatic rings. The van der Waals surface area contributed by atoms with Gasteiger partial charge in [0.25, 0.3) is 0 Å². The minimum Gasteiger partial charge on any atom is -0.306 e. The molecule has 19 heavy (non-hydrogen) atoms. The van der Waals surface area contributed by atoms with E-state index in [1.165, 1.54) is 11.6 Å². The Morgan fingerprint density at radius 2 is 1.79 bits per heavy atom. The summed E-state index contributed by atoms with van der Waals surface area (Å²) in [6, 6.07) is 13.5. The van der Waals surface area contributed by atoms with Crippen LogP contribution in [0.4, 0.5) is 4.39 Å². The molecular formula is C15H14Br2FN. The highest BCUT2D eigenvalue weighted by Crippen LogP contribution is 2.22. The van der Waals surface area contributed by atoms with Gasteiger partial charge in [-0.05, 0) is 52.2 Å². The molecule has 1 atom stereocenters. The summed E-state index contributed by atoms with van der Waals surface area (Å²) in [4.78, 5) is 0. The molecule has 2 rings (SSSR count). The molecule has 0 spiro atoms. The summed E-state index contributed by atoms with van der Waals surface area (Å²) in [5, 5.41) is 3.39. The van der Waals surface area contributed by atoms with Gasteiger partial charge in [0.15, 0.2) is 0 Å². The minimum absolute atomic E-state index is 0.211. The lowest BCUT2D eigenvalue weighted by molar-refractivity contribution is 0.566. The average molecular weight is 387 g/mol. The van der Waals surface area contributed by atoms with Crippen LogP contribution in [-0.2, 0) is 6.54 Å². The number of hydrogen-bond donors (Lipinski definition) is 1. The van der Waals surface area contributed by atoms with Crippen LogP contribution in [0.2, 0.25) is 0 Å². The number of hydrogen-bond acceptors (Lipinski definition) is 1. The predicted octanol–water partition coefficient (Wildman–Crippen LogP) is 5.20. The van der Waals surface area contributed by atoms with Gasteiger partial charge in [-0.15, -0.1) is 0 Å². The zero-order valence-corrected chi connectivity index (χ0v) is 13.6. The van der Waals surface area contributed by atoms with Crippen molar-refractivity contribution < 1.29 is 4.39 Å². The van der Waals surface area contributed by atoms with E-state index in [4.69, 9.17) is 0 Å². The molecule has 0 radical (unpaired) electrons. The smallest absolute Gasteiger partial charge is 0.137 e. The lowest BCUT2D eigenvalue weighted by atomic mass is 10.1. The molecule has 1 nitrogen and oxygen atoms in total. The lowest BCUT2D eigenvalue weighted by Gasteiger charge is -2.15. The molecule has 0 fully saturated rings. The Hall–Kier alpha value is -0.710. The molecule has 0 aliphatic heterocycles. The lowest BCUT2D eigenvalue weighted by Crippen LogP contribution is -2.18. The molecule has 0 bridgehead atoms. The largest absolute Gasteiger partial charge is 0.306 e. The maximum atomic E-state index is 13.4. The number of rotatable bonds is 4. The van der Waals surface area contributed by atoms with Gasteiger partial charge < -0.3 is 5.32 Å². The summed E-state index contributed by atoms with van der Waals surface area (Å²) in [5.74, 6) is -0.226. The monoisotopic (exact) mass is 385 g/mol. The maximum Gasteiger partial charge on any atom is 0.137 e. The fraction of sp³-hybridized carbons (Fsp3) is 0.200. The van der Waals surface area contributed by atoms with E-state index in [0.717, 1.165) is 10.0 Å². The third kappa shape index (κ3) is 3.88. The highest BCUT2D eigenvalue weighted by molar-refractivity contribution is 9.10. The van der Waals surface area contributed by atoms with Crippen molar-refractivity contribution >= 4 is 31.9 Å². The van der Waals surface area contributed by atoms with Gasteiger partial charge >= 0.3 is 0 Å². The van der Waals surface area contributed by atoms with Crippen molar-refractivity contribution in [3.8, 4) is 0 Å². The van der Waals surface area contributed by atoms with Crippen LogP contribution in [-0.4, -0.2) is 0 Å². The normalized spacial score (nSPS) is 12.4. The van der Waals surface area contributed by atoms with Crippen LogP contribution in [0.15, 0.2) is 51.4 Å². The molecule has 2 aromatic carbocycles. The van der Waals surface area contributed by atoms with E-state index < -0.39 is 0 Å². The Morgan fingerprint density at radius 1 is 1.11 bits per heavy atom. The summed E-state index contributed by atoms with van der Waals surface area (Å²) in [6.07, 6.45) is 0. The Balaban J connectivity index is 2.02. The zero-order chi connectivity index (χ0) is 13.8. The fourth-order valence-corrected chi connectivity index (χ4v) is 2.49. The molecule has 0 saturated heterocycles. The first-order valence-electron chi connectivity index (χ1n) is 5.99. The van der Waals surface area contributed by atoms with Crippen LogP contribution >= 0.6 is 31.9 Å². The third-order valence-electron chi connectivity index (χ3n) is 3.00. The average Bonchev–Trinajstić information content (AvgIpc) is 2.41. The van der Waals surface area contributed by atoms with Crippen LogP contribution in [0.25, 0.3) is 0 Å². The summed E-state index contributed by atoms with van der Waals surface area (Å²) < 4.78 is 15.0. The van der Waals surface area contributed by atoms with Crippen LogP contribution < -0.4 is 5.32 Å². The second kappa shape index (κ2) is 6.64. The van der Waals surface area contributed by atoms with Crippen LogP contribution in [0.3, 0.4) is 0 Å². The van der Waals surface area contributed by atoms with E-state index in [1.54, 1.807) is 6.07 Å². The molecule has 0 aromatic heterocycles. The van der Waals surface area contributed by atoms with Crippen molar-refractivity contribution in [1.82, 2.24) is 5.32 Å². The van der Waals surface area contributed by atoms with Crippen molar-refractivity contribution in [2.75, 3.05) is 0 Å². The fourth-order valence-electron chi connectivity index (χ4n) is 1.82. The first-order valence-corrected chi connectivity index (χ1v) is 7.58. The third-order valence-corrected chi connectivity index (χ3v) is 4.42. The van der Waals surface area contributed by atoms with Gasteiger partial charge in [-0.1, -0.05) is 40.2 Å². The SMILES string of the molecule is CC(NCc1cccc(F)c1Br)c1ccc(Br)cc1. The summed E-state index contributed by atoms with van der Waals surface area (Å²) in [7, 11) is 0. The second-order valence-corrected chi connectivity index (χ2v) is 6.08. The second-order valence-electron chi connectivity index (χ2n) is 4.37. The van der Waals surface area contributed by atoms with Crippen LogP contribution in [0.5, 0.6) is 0 Å². The number of halogens is 3. The molecule has 0 heterocycles. The predicted molar refractivity (Wildman–Crippen MR) is 83.5 cm³/mol. The van der Waals surface area contributed by atoms with Crippen molar-refractivity contribution in [3.05, 3.63) is 68.4 Å². The summed E-state index contributed by atoms with van der Waals surface area (Å²) >= 11 is 6.69. The number of nitrogens with one attached hydrogen (secondary N) is 1. The van der Waals surface area contributed by atoms with E-state index in [9.17, 15) is 4.39 Å². The molecule has 4 heteroatoms.